The van der Waals surface area contributed by atoms with Gasteiger partial charge in [-0.05, 0) is 37.1 Å². The number of hydrogen-bond donors (Lipinski definition) is 2. The summed E-state index contributed by atoms with van der Waals surface area (Å²) in [7, 11) is 0. The van der Waals surface area contributed by atoms with Gasteiger partial charge in [0.25, 0.3) is 5.56 Å². The Morgan fingerprint density at radius 1 is 0.925 bits per heavy atom. The minimum Gasteiger partial charge on any atom is -0.475 e. The number of rotatable bonds is 4. The molecule has 40 heavy (non-hydrogen) atoms. The van der Waals surface area contributed by atoms with E-state index < -0.39 is 24.3 Å². The average Bonchev–Trinajstić information content (AvgIpc) is 3.27. The normalized spacial score (nSPS) is 13.6. The molecule has 0 spiro atoms. The Morgan fingerprint density at radius 2 is 1.52 bits per heavy atom. The summed E-state index contributed by atoms with van der Waals surface area (Å²) in [6, 6.07) is 11.7. The number of fused-ring (bicyclic) bond motifs is 1. The summed E-state index contributed by atoms with van der Waals surface area (Å²) in [5, 5.41) is 14.2. The molecule has 9 nitrogen and oxygen atoms in total. The van der Waals surface area contributed by atoms with E-state index in [2.05, 4.69) is 9.88 Å². The van der Waals surface area contributed by atoms with E-state index in [1.54, 1.807) is 18.6 Å². The maximum atomic E-state index is 12.5. The number of carbonyl (C=O) groups is 2. The van der Waals surface area contributed by atoms with E-state index in [0.717, 1.165) is 49.6 Å². The van der Waals surface area contributed by atoms with Crippen LogP contribution in [0.4, 0.5) is 26.3 Å². The van der Waals surface area contributed by atoms with Crippen molar-refractivity contribution in [1.82, 2.24) is 14.5 Å². The van der Waals surface area contributed by atoms with Gasteiger partial charge in [0.2, 0.25) is 0 Å². The third-order valence-electron chi connectivity index (χ3n) is 5.49. The zero-order valence-electron chi connectivity index (χ0n) is 21.0. The first kappa shape index (κ1) is 32.1. The van der Waals surface area contributed by atoms with E-state index in [1.807, 2.05) is 41.8 Å². The lowest BCUT2D eigenvalue weighted by Gasteiger charge is -2.18. The summed E-state index contributed by atoms with van der Waals surface area (Å²) in [5.74, 6) is -5.51. The number of aliphatic carboxylic acids is 2. The van der Waals surface area contributed by atoms with E-state index in [0.29, 0.717) is 6.54 Å². The van der Waals surface area contributed by atoms with Gasteiger partial charge in [-0.1, -0.05) is 12.1 Å². The third kappa shape index (κ3) is 10.2. The van der Waals surface area contributed by atoms with Crippen molar-refractivity contribution in [3.05, 3.63) is 87.5 Å². The lowest BCUT2D eigenvalue weighted by Crippen LogP contribution is -2.27. The average molecular weight is 577 g/mol. The maximum Gasteiger partial charge on any atom is 0.490 e. The van der Waals surface area contributed by atoms with Crippen LogP contribution in [-0.2, 0) is 35.5 Å². The zero-order valence-corrected chi connectivity index (χ0v) is 21.0. The number of carboxylic acid groups (broad SMARTS) is 2. The smallest absolute Gasteiger partial charge is 0.475 e. The number of halogens is 6. The Kier molecular flexibility index (Phi) is 11.0. The van der Waals surface area contributed by atoms with Crippen LogP contribution in [0.25, 0.3) is 0 Å². The Morgan fingerprint density at radius 3 is 2.05 bits per heavy atom. The molecule has 3 aromatic heterocycles. The molecule has 0 saturated heterocycles. The van der Waals surface area contributed by atoms with Gasteiger partial charge in [-0.3, -0.25) is 14.7 Å². The van der Waals surface area contributed by atoms with Gasteiger partial charge >= 0.3 is 24.3 Å². The number of hydrogen-bond acceptors (Lipinski definition) is 6. The van der Waals surface area contributed by atoms with Gasteiger partial charge in [-0.25, -0.2) is 9.59 Å². The van der Waals surface area contributed by atoms with Gasteiger partial charge < -0.3 is 19.2 Å². The molecule has 0 saturated carbocycles. The molecule has 15 heteroatoms. The van der Waals surface area contributed by atoms with Gasteiger partial charge in [0.1, 0.15) is 0 Å². The molecule has 0 bridgehead atoms. The number of alkyl halides is 6. The summed E-state index contributed by atoms with van der Waals surface area (Å²) in [6.45, 7) is 5.31. The van der Waals surface area contributed by atoms with Crippen LogP contribution in [0.5, 0.6) is 0 Å². The van der Waals surface area contributed by atoms with Crippen molar-refractivity contribution < 1.29 is 50.6 Å². The third-order valence-corrected chi connectivity index (χ3v) is 5.49. The molecule has 4 heterocycles. The summed E-state index contributed by atoms with van der Waals surface area (Å²) in [5.41, 5.74) is 5.57. The minimum atomic E-state index is -5.08. The van der Waals surface area contributed by atoms with E-state index in [9.17, 15) is 31.1 Å². The maximum absolute atomic E-state index is 12.5. The highest BCUT2D eigenvalue weighted by atomic mass is 19.4. The standard InChI is InChI=1S/C21H23N3O2.2C2HF3O2/c1-16-3-2-4-19(22-16)14-24-20-8-11-23(13-17-9-12-26-15-17)10-7-18(20)5-6-21(24)25;2*3-2(4,5)1(6)7/h2-6,9,12,15H,7-8,10-11,13-14H2,1H3;2*(H,6,7). The second-order valence-electron chi connectivity index (χ2n) is 8.51. The highest BCUT2D eigenvalue weighted by Gasteiger charge is 2.38. The number of aryl methyl sites for hydroxylation is 1. The Hall–Kier alpha value is -4.14. The number of pyridine rings is 2. The van der Waals surface area contributed by atoms with E-state index in [-0.39, 0.29) is 5.56 Å². The fourth-order valence-corrected chi connectivity index (χ4v) is 3.66. The van der Waals surface area contributed by atoms with E-state index in [4.69, 9.17) is 24.2 Å². The van der Waals surface area contributed by atoms with Gasteiger partial charge in [0.05, 0.1) is 24.8 Å². The van der Waals surface area contributed by atoms with E-state index in [1.165, 1.54) is 11.1 Å². The minimum absolute atomic E-state index is 0.0512. The van der Waals surface area contributed by atoms with Crippen LogP contribution in [0.1, 0.15) is 28.2 Å². The lowest BCUT2D eigenvalue weighted by atomic mass is 10.1. The Labute approximate surface area is 223 Å². The molecule has 0 fully saturated rings. The van der Waals surface area contributed by atoms with Crippen molar-refractivity contribution in [2.24, 2.45) is 0 Å². The van der Waals surface area contributed by atoms with Crippen LogP contribution < -0.4 is 5.56 Å². The SMILES string of the molecule is Cc1cccc(Cn2c3c(ccc2=O)CCN(Cc2ccoc2)CC3)n1.O=C(O)C(F)(F)F.O=C(O)C(F)(F)F. The fourth-order valence-electron chi connectivity index (χ4n) is 3.66. The molecule has 0 unspecified atom stereocenters. The second kappa shape index (κ2) is 13.8. The molecule has 4 rings (SSSR count). The fraction of sp³-hybridized carbons (Fsp3) is 0.360. The van der Waals surface area contributed by atoms with Crippen molar-refractivity contribution in [2.75, 3.05) is 13.1 Å². The molecule has 0 aliphatic carbocycles. The van der Waals surface area contributed by atoms with Crippen molar-refractivity contribution in [3.8, 4) is 0 Å². The molecular weight excluding hydrogens is 552 g/mol. The van der Waals surface area contributed by atoms with Crippen molar-refractivity contribution in [2.45, 2.75) is 45.2 Å². The number of aromatic nitrogens is 2. The highest BCUT2D eigenvalue weighted by molar-refractivity contribution is 5.73. The Balaban J connectivity index is 0.000000333. The molecule has 2 N–H and O–H groups in total. The van der Waals surface area contributed by atoms with E-state index >= 15 is 0 Å². The molecule has 0 atom stereocenters. The van der Waals surface area contributed by atoms with Crippen LogP contribution in [0.3, 0.4) is 0 Å². The predicted molar refractivity (Wildman–Crippen MR) is 128 cm³/mol. The zero-order chi connectivity index (χ0) is 30.1. The van der Waals surface area contributed by atoms with Crippen molar-refractivity contribution >= 4 is 11.9 Å². The van der Waals surface area contributed by atoms with Crippen LogP contribution in [-0.4, -0.2) is 62.0 Å². The number of carboxylic acids is 2. The van der Waals surface area contributed by atoms with Gasteiger partial charge in [0.15, 0.2) is 0 Å². The molecule has 218 valence electrons. The summed E-state index contributed by atoms with van der Waals surface area (Å²) < 4.78 is 70.6. The molecule has 0 amide bonds. The molecule has 3 aromatic rings. The van der Waals surface area contributed by atoms with Crippen LogP contribution in [0, 0.1) is 6.92 Å². The van der Waals surface area contributed by atoms with Crippen LogP contribution >= 0.6 is 0 Å². The van der Waals surface area contributed by atoms with Crippen molar-refractivity contribution in [1.29, 1.82) is 0 Å². The summed E-state index contributed by atoms with van der Waals surface area (Å²) in [6.07, 6.45) is -4.82. The first-order valence-corrected chi connectivity index (χ1v) is 11.6. The number of nitrogens with zero attached hydrogens (tertiary/aromatic N) is 3. The molecular formula is C25H25F6N3O6. The summed E-state index contributed by atoms with van der Waals surface area (Å²) in [4.78, 5) is 37.3. The van der Waals surface area contributed by atoms with Crippen LogP contribution in [0.15, 0.2) is 58.1 Å². The van der Waals surface area contributed by atoms with Crippen LogP contribution in [0.2, 0.25) is 0 Å². The topological polar surface area (TPSA) is 126 Å². The lowest BCUT2D eigenvalue weighted by molar-refractivity contribution is -0.193. The first-order chi connectivity index (χ1) is 18.6. The highest BCUT2D eigenvalue weighted by Crippen LogP contribution is 2.18. The molecule has 0 aromatic carbocycles. The Bertz CT molecular complexity index is 1310. The monoisotopic (exact) mass is 577 g/mol. The van der Waals surface area contributed by atoms with Gasteiger partial charge in [-0.2, -0.15) is 26.3 Å². The quantitative estimate of drug-likeness (QED) is 0.445. The number of furan rings is 1. The van der Waals surface area contributed by atoms with Crippen molar-refractivity contribution in [3.63, 3.8) is 0 Å². The molecule has 1 aliphatic rings. The molecule has 0 radical (unpaired) electrons. The van der Waals surface area contributed by atoms with Gasteiger partial charge in [0, 0.05) is 49.1 Å². The largest absolute Gasteiger partial charge is 0.490 e. The van der Waals surface area contributed by atoms with Gasteiger partial charge in [-0.15, -0.1) is 0 Å². The molecule has 1 aliphatic heterocycles. The second-order valence-corrected chi connectivity index (χ2v) is 8.51. The summed E-state index contributed by atoms with van der Waals surface area (Å²) >= 11 is 0. The predicted octanol–water partition coefficient (Wildman–Crippen LogP) is 4.06. The first-order valence-electron chi connectivity index (χ1n) is 11.6.